The highest BCUT2D eigenvalue weighted by molar-refractivity contribution is 7.20. The number of aliphatic imine (C=N–C) groups is 1. The molecule has 32 heavy (non-hydrogen) atoms. The molecule has 3 rings (SSSR count). The van der Waals surface area contributed by atoms with E-state index in [2.05, 4.69) is 20.7 Å². The van der Waals surface area contributed by atoms with Gasteiger partial charge in [-0.05, 0) is 44.7 Å². The first-order chi connectivity index (χ1) is 15.4. The molecule has 0 radical (unpaired) electrons. The van der Waals surface area contributed by atoms with Gasteiger partial charge in [0, 0.05) is 13.1 Å². The summed E-state index contributed by atoms with van der Waals surface area (Å²) in [4.78, 5) is 48.8. The van der Waals surface area contributed by atoms with Crippen LogP contribution in [0.4, 0.5) is 0 Å². The van der Waals surface area contributed by atoms with Gasteiger partial charge in [-0.1, -0.05) is 12.1 Å². The van der Waals surface area contributed by atoms with E-state index < -0.39 is 18.1 Å². The van der Waals surface area contributed by atoms with Crippen molar-refractivity contribution in [3.05, 3.63) is 29.3 Å². The number of nitrogens with one attached hydrogen (secondary N) is 2. The molecule has 1 saturated heterocycles. The Morgan fingerprint density at radius 3 is 2.88 bits per heavy atom. The molecule has 1 fully saturated rings. The van der Waals surface area contributed by atoms with E-state index in [1.165, 1.54) is 22.6 Å². The van der Waals surface area contributed by atoms with Crippen molar-refractivity contribution in [2.45, 2.75) is 50.7 Å². The van der Waals surface area contributed by atoms with Crippen LogP contribution in [0.3, 0.4) is 0 Å². The van der Waals surface area contributed by atoms with Gasteiger partial charge in [0.25, 0.3) is 0 Å². The summed E-state index contributed by atoms with van der Waals surface area (Å²) in [5, 5.41) is 3.21. The third-order valence-corrected chi connectivity index (χ3v) is 6.36. The molecule has 2 aromatic rings. The lowest BCUT2D eigenvalue weighted by Crippen LogP contribution is -2.53. The molecular weight excluding hydrogens is 430 g/mol. The molecule has 1 aromatic carbocycles. The molecule has 1 aliphatic heterocycles. The molecule has 0 spiro atoms. The quantitative estimate of drug-likeness (QED) is 0.101. The molecule has 2 amide bonds. The third kappa shape index (κ3) is 5.67. The predicted octanol–water partition coefficient (Wildman–Crippen LogP) is 0.574. The average Bonchev–Trinajstić information content (AvgIpc) is 3.44. The van der Waals surface area contributed by atoms with E-state index in [0.29, 0.717) is 43.8 Å². The van der Waals surface area contributed by atoms with Crippen LogP contribution in [0.1, 0.15) is 42.4 Å². The molecule has 6 N–H and O–H groups in total. The van der Waals surface area contributed by atoms with Crippen LogP contribution in [0.5, 0.6) is 0 Å². The first-order valence-electron chi connectivity index (χ1n) is 10.6. The van der Waals surface area contributed by atoms with Gasteiger partial charge < -0.3 is 21.4 Å². The second kappa shape index (κ2) is 11.1. The number of hydrogen-bond donors (Lipinski definition) is 4. The number of benzene rings is 1. The van der Waals surface area contributed by atoms with Crippen LogP contribution in [0, 0.1) is 0 Å². The molecule has 172 valence electrons. The highest BCUT2D eigenvalue weighted by Gasteiger charge is 2.37. The molecule has 2 heterocycles. The minimum absolute atomic E-state index is 0.247. The van der Waals surface area contributed by atoms with Crippen LogP contribution in [0.15, 0.2) is 29.3 Å². The number of thiazole rings is 1. The van der Waals surface area contributed by atoms with Crippen molar-refractivity contribution >= 4 is 45.5 Å². The number of carbonyl (C=O) groups is 3. The maximum absolute atomic E-state index is 13.3. The molecule has 0 saturated carbocycles. The Hall–Kier alpha value is -2.89. The SMILES string of the molecule is C[C@H](N)C(=O)N1CCC[C@H]1C(=O)NC(CCCN=CNN)C(=O)c1nc2ccccc2s1. The summed E-state index contributed by atoms with van der Waals surface area (Å²) in [6, 6.07) is 5.43. The number of aromatic nitrogens is 1. The number of hydrazine groups is 1. The van der Waals surface area contributed by atoms with Crippen molar-refractivity contribution in [2.75, 3.05) is 13.1 Å². The molecule has 3 atom stereocenters. The van der Waals surface area contributed by atoms with E-state index in [4.69, 9.17) is 11.6 Å². The Labute approximate surface area is 190 Å². The molecule has 0 bridgehead atoms. The number of nitrogens with two attached hydrogens (primary N) is 2. The lowest BCUT2D eigenvalue weighted by Gasteiger charge is -2.27. The molecule has 10 nitrogen and oxygen atoms in total. The van der Waals surface area contributed by atoms with E-state index in [0.717, 1.165) is 10.2 Å². The first-order valence-corrected chi connectivity index (χ1v) is 11.4. The van der Waals surface area contributed by atoms with Crippen LogP contribution >= 0.6 is 11.3 Å². The van der Waals surface area contributed by atoms with Gasteiger partial charge in [0.05, 0.1) is 28.6 Å². The zero-order valence-electron chi connectivity index (χ0n) is 18.0. The molecule has 1 aliphatic rings. The van der Waals surface area contributed by atoms with Crippen LogP contribution in [0.2, 0.25) is 0 Å². The fourth-order valence-electron chi connectivity index (χ4n) is 3.73. The Kier molecular flexibility index (Phi) is 8.26. The number of amides is 2. The van der Waals surface area contributed by atoms with Gasteiger partial charge in [0.15, 0.2) is 5.01 Å². The van der Waals surface area contributed by atoms with Gasteiger partial charge in [-0.2, -0.15) is 0 Å². The lowest BCUT2D eigenvalue weighted by molar-refractivity contribution is -0.139. The Balaban J connectivity index is 1.75. The van der Waals surface area contributed by atoms with Gasteiger partial charge in [-0.15, -0.1) is 11.3 Å². The summed E-state index contributed by atoms with van der Waals surface area (Å²) < 4.78 is 0.907. The van der Waals surface area contributed by atoms with E-state index in [1.807, 2.05) is 24.3 Å². The molecule has 1 aromatic heterocycles. The molecule has 0 aliphatic carbocycles. The van der Waals surface area contributed by atoms with Gasteiger partial charge >= 0.3 is 0 Å². The molecule has 1 unspecified atom stereocenters. The largest absolute Gasteiger partial charge is 0.344 e. The smallest absolute Gasteiger partial charge is 0.243 e. The van der Waals surface area contributed by atoms with Crippen molar-refractivity contribution < 1.29 is 14.4 Å². The highest BCUT2D eigenvalue weighted by atomic mass is 32.1. The monoisotopic (exact) mass is 459 g/mol. The highest BCUT2D eigenvalue weighted by Crippen LogP contribution is 2.24. The van der Waals surface area contributed by atoms with Crippen molar-refractivity contribution in [1.82, 2.24) is 20.6 Å². The topological polar surface area (TPSA) is 156 Å². The number of ketones is 1. The van der Waals surface area contributed by atoms with Crippen LogP contribution in [0.25, 0.3) is 10.2 Å². The number of Topliss-reactive ketones (excluding diaryl/α,β-unsaturated/α-hetero) is 1. The third-order valence-electron chi connectivity index (χ3n) is 5.31. The van der Waals surface area contributed by atoms with E-state index in [-0.39, 0.29) is 17.6 Å². The van der Waals surface area contributed by atoms with Crippen molar-refractivity contribution in [3.8, 4) is 0 Å². The second-order valence-electron chi connectivity index (χ2n) is 7.73. The lowest BCUT2D eigenvalue weighted by atomic mass is 10.1. The van der Waals surface area contributed by atoms with Gasteiger partial charge in [-0.3, -0.25) is 19.4 Å². The number of para-hydroxylation sites is 1. The minimum Gasteiger partial charge on any atom is -0.344 e. The van der Waals surface area contributed by atoms with E-state index >= 15 is 0 Å². The summed E-state index contributed by atoms with van der Waals surface area (Å²) in [6.45, 7) is 2.53. The Morgan fingerprint density at radius 1 is 1.38 bits per heavy atom. The van der Waals surface area contributed by atoms with Gasteiger partial charge in [0.1, 0.15) is 6.04 Å². The number of fused-ring (bicyclic) bond motifs is 1. The summed E-state index contributed by atoms with van der Waals surface area (Å²) in [7, 11) is 0. The fraction of sp³-hybridized carbons (Fsp3) is 0.476. The second-order valence-corrected chi connectivity index (χ2v) is 8.77. The summed E-state index contributed by atoms with van der Waals surface area (Å²) >= 11 is 1.30. The number of rotatable bonds is 10. The number of likely N-dealkylation sites (tertiary alicyclic amines) is 1. The number of carbonyl (C=O) groups excluding carboxylic acids is 3. The normalized spacial score (nSPS) is 18.1. The van der Waals surface area contributed by atoms with Crippen molar-refractivity contribution in [1.29, 1.82) is 0 Å². The van der Waals surface area contributed by atoms with Crippen molar-refractivity contribution in [2.24, 2.45) is 16.6 Å². The summed E-state index contributed by atoms with van der Waals surface area (Å²) in [5.41, 5.74) is 8.81. The number of nitrogens with zero attached hydrogens (tertiary/aromatic N) is 3. The summed E-state index contributed by atoms with van der Waals surface area (Å²) in [5.74, 6) is 4.31. The zero-order valence-corrected chi connectivity index (χ0v) is 18.8. The maximum atomic E-state index is 13.3. The average molecular weight is 460 g/mol. The Morgan fingerprint density at radius 2 is 2.16 bits per heavy atom. The van der Waals surface area contributed by atoms with Gasteiger partial charge in [0.2, 0.25) is 17.6 Å². The zero-order chi connectivity index (χ0) is 23.1. The van der Waals surface area contributed by atoms with Crippen molar-refractivity contribution in [3.63, 3.8) is 0 Å². The Bertz CT molecular complexity index is 958. The first kappa shape index (κ1) is 23.8. The van der Waals surface area contributed by atoms with Crippen LogP contribution < -0.4 is 22.3 Å². The maximum Gasteiger partial charge on any atom is 0.243 e. The van der Waals surface area contributed by atoms with Gasteiger partial charge in [-0.25, -0.2) is 10.8 Å². The molecular formula is C21H29N7O3S. The minimum atomic E-state index is -0.767. The molecule has 11 heteroatoms. The van der Waals surface area contributed by atoms with Crippen LogP contribution in [-0.2, 0) is 9.59 Å². The standard InChI is InChI=1S/C21H29N7O3S/c1-13(22)21(31)28-11-5-8-16(28)19(30)26-15(7-4-10-24-12-25-23)18(29)20-27-14-6-2-3-9-17(14)32-20/h2-3,6,9,12-13,15-16H,4-5,7-8,10-11,22-23H2,1H3,(H,24,25)(H,26,30)/t13-,15?,16-/m0/s1. The summed E-state index contributed by atoms with van der Waals surface area (Å²) in [6.07, 6.45) is 3.58. The number of hydrogen-bond acceptors (Lipinski definition) is 8. The van der Waals surface area contributed by atoms with E-state index in [9.17, 15) is 14.4 Å². The van der Waals surface area contributed by atoms with E-state index in [1.54, 1.807) is 6.92 Å². The van der Waals surface area contributed by atoms with Crippen LogP contribution in [-0.4, -0.2) is 65.0 Å². The predicted molar refractivity (Wildman–Crippen MR) is 124 cm³/mol. The fourth-order valence-corrected chi connectivity index (χ4v) is 4.69.